The average Bonchev–Trinajstić information content (AvgIpc) is 2.66. The summed E-state index contributed by atoms with van der Waals surface area (Å²) in [4.78, 5) is 19.1. The monoisotopic (exact) mass is 363 g/mol. The van der Waals surface area contributed by atoms with E-state index in [9.17, 15) is 9.18 Å². The fourth-order valence-corrected chi connectivity index (χ4v) is 2.93. The van der Waals surface area contributed by atoms with Crippen molar-refractivity contribution in [1.82, 2.24) is 15.2 Å². The van der Waals surface area contributed by atoms with Crippen LogP contribution >= 0.6 is 0 Å². The summed E-state index contributed by atoms with van der Waals surface area (Å²) >= 11 is 0. The van der Waals surface area contributed by atoms with Gasteiger partial charge in [-0.3, -0.25) is 9.78 Å². The van der Waals surface area contributed by atoms with E-state index in [4.69, 9.17) is 0 Å². The summed E-state index contributed by atoms with van der Waals surface area (Å²) in [6, 6.07) is 18.0. The predicted molar refractivity (Wildman–Crippen MR) is 105 cm³/mol. The Kier molecular flexibility index (Phi) is 5.94. The number of halogens is 1. The number of rotatable bonds is 6. The van der Waals surface area contributed by atoms with Crippen molar-refractivity contribution in [2.24, 2.45) is 0 Å². The van der Waals surface area contributed by atoms with Gasteiger partial charge in [0.05, 0.1) is 0 Å². The molecule has 27 heavy (non-hydrogen) atoms. The van der Waals surface area contributed by atoms with Crippen LogP contribution in [0, 0.1) is 5.82 Å². The normalized spacial score (nSPS) is 10.8. The van der Waals surface area contributed by atoms with Gasteiger partial charge in [0, 0.05) is 24.8 Å². The molecular weight excluding hydrogens is 341 g/mol. The second kappa shape index (κ2) is 8.56. The number of carbonyl (C=O) groups is 1. The van der Waals surface area contributed by atoms with Crippen molar-refractivity contribution in [3.63, 3.8) is 0 Å². The minimum absolute atomic E-state index is 0.243. The number of aromatic nitrogens is 1. The molecule has 1 aromatic heterocycles. The van der Waals surface area contributed by atoms with Crippen LogP contribution in [0.2, 0.25) is 0 Å². The molecule has 3 rings (SSSR count). The molecule has 2 aromatic carbocycles. The predicted octanol–water partition coefficient (Wildman–Crippen LogP) is 3.88. The topological polar surface area (TPSA) is 45.2 Å². The molecule has 138 valence electrons. The molecule has 0 fully saturated rings. The number of carbonyl (C=O) groups excluding carboxylic acids is 1. The van der Waals surface area contributed by atoms with Gasteiger partial charge in [0.25, 0.3) is 5.91 Å². The summed E-state index contributed by atoms with van der Waals surface area (Å²) in [5, 5.41) is 2.82. The summed E-state index contributed by atoms with van der Waals surface area (Å²) in [5.41, 5.74) is 3.94. The van der Waals surface area contributed by atoms with Crippen LogP contribution in [0.4, 0.5) is 4.39 Å². The summed E-state index contributed by atoms with van der Waals surface area (Å²) < 4.78 is 13.3. The number of hydrogen-bond acceptors (Lipinski definition) is 3. The first kappa shape index (κ1) is 18.7. The number of amides is 1. The first-order valence-corrected chi connectivity index (χ1v) is 8.74. The minimum Gasteiger partial charge on any atom is -0.347 e. The fraction of sp³-hybridized carbons (Fsp3) is 0.182. The van der Waals surface area contributed by atoms with E-state index in [1.54, 1.807) is 18.3 Å². The Morgan fingerprint density at radius 3 is 2.59 bits per heavy atom. The lowest BCUT2D eigenvalue weighted by molar-refractivity contribution is 0.0946. The van der Waals surface area contributed by atoms with E-state index >= 15 is 0 Å². The van der Waals surface area contributed by atoms with Crippen molar-refractivity contribution in [1.29, 1.82) is 0 Å². The molecule has 0 aliphatic heterocycles. The molecule has 3 aromatic rings. The highest BCUT2D eigenvalue weighted by Gasteiger charge is 2.14. The van der Waals surface area contributed by atoms with Crippen LogP contribution in [0.5, 0.6) is 0 Å². The van der Waals surface area contributed by atoms with Crippen molar-refractivity contribution in [3.05, 3.63) is 89.5 Å². The van der Waals surface area contributed by atoms with E-state index in [0.29, 0.717) is 11.3 Å². The standard InChI is InChI=1S/C22H22FN3O/c1-26(2)15-17-7-3-8-18(12-17)20-10-5-11-24-21(20)22(27)25-14-16-6-4-9-19(23)13-16/h3-13H,14-15H2,1-2H3,(H,25,27). The molecule has 1 amide bonds. The van der Waals surface area contributed by atoms with E-state index in [-0.39, 0.29) is 18.3 Å². The lowest BCUT2D eigenvalue weighted by Gasteiger charge is -2.13. The Morgan fingerprint density at radius 1 is 1.04 bits per heavy atom. The second-order valence-electron chi connectivity index (χ2n) is 6.65. The van der Waals surface area contributed by atoms with Crippen molar-refractivity contribution < 1.29 is 9.18 Å². The van der Waals surface area contributed by atoms with Gasteiger partial charge in [-0.1, -0.05) is 36.4 Å². The van der Waals surface area contributed by atoms with Gasteiger partial charge >= 0.3 is 0 Å². The highest BCUT2D eigenvalue weighted by Crippen LogP contribution is 2.23. The van der Waals surface area contributed by atoms with Crippen LogP contribution in [0.15, 0.2) is 66.9 Å². The molecule has 0 bridgehead atoms. The smallest absolute Gasteiger partial charge is 0.270 e. The number of benzene rings is 2. The van der Waals surface area contributed by atoms with Crippen molar-refractivity contribution >= 4 is 5.91 Å². The number of nitrogens with one attached hydrogen (secondary N) is 1. The quantitative estimate of drug-likeness (QED) is 0.723. The maximum Gasteiger partial charge on any atom is 0.270 e. The lowest BCUT2D eigenvalue weighted by Crippen LogP contribution is -2.24. The van der Waals surface area contributed by atoms with E-state index in [0.717, 1.165) is 23.2 Å². The summed E-state index contributed by atoms with van der Waals surface area (Å²) in [5.74, 6) is -0.606. The third-order valence-electron chi connectivity index (χ3n) is 4.10. The van der Waals surface area contributed by atoms with Gasteiger partial charge in [0.2, 0.25) is 0 Å². The van der Waals surface area contributed by atoms with Crippen molar-refractivity contribution in [2.45, 2.75) is 13.1 Å². The zero-order chi connectivity index (χ0) is 19.2. The second-order valence-corrected chi connectivity index (χ2v) is 6.65. The molecule has 0 spiro atoms. The Labute approximate surface area is 158 Å². The molecule has 0 radical (unpaired) electrons. The first-order chi connectivity index (χ1) is 13.0. The maximum absolute atomic E-state index is 13.3. The lowest BCUT2D eigenvalue weighted by atomic mass is 10.0. The molecule has 5 heteroatoms. The van der Waals surface area contributed by atoms with Gasteiger partial charge in [-0.05, 0) is 55.1 Å². The van der Waals surface area contributed by atoms with Gasteiger partial charge in [-0.15, -0.1) is 0 Å². The molecule has 0 unspecified atom stereocenters. The average molecular weight is 363 g/mol. The number of nitrogens with zero attached hydrogens (tertiary/aromatic N) is 2. The van der Waals surface area contributed by atoms with Crippen molar-refractivity contribution in [2.75, 3.05) is 14.1 Å². The SMILES string of the molecule is CN(C)Cc1cccc(-c2cccnc2C(=O)NCc2cccc(F)c2)c1. The zero-order valence-corrected chi connectivity index (χ0v) is 15.4. The van der Waals surface area contributed by atoms with Gasteiger partial charge in [-0.2, -0.15) is 0 Å². The molecular formula is C22H22FN3O. The zero-order valence-electron chi connectivity index (χ0n) is 15.4. The maximum atomic E-state index is 13.3. The molecule has 0 saturated heterocycles. The fourth-order valence-electron chi connectivity index (χ4n) is 2.93. The summed E-state index contributed by atoms with van der Waals surface area (Å²) in [6.45, 7) is 1.06. The third-order valence-corrected chi connectivity index (χ3v) is 4.10. The summed E-state index contributed by atoms with van der Waals surface area (Å²) in [7, 11) is 4.03. The third kappa shape index (κ3) is 4.99. The van der Waals surface area contributed by atoms with Crippen LogP contribution < -0.4 is 5.32 Å². The van der Waals surface area contributed by atoms with E-state index in [1.165, 1.54) is 12.1 Å². The molecule has 1 heterocycles. The van der Waals surface area contributed by atoms with Crippen molar-refractivity contribution in [3.8, 4) is 11.1 Å². The van der Waals surface area contributed by atoms with Crippen LogP contribution in [-0.4, -0.2) is 29.9 Å². The number of hydrogen-bond donors (Lipinski definition) is 1. The Bertz CT molecular complexity index is 940. The Balaban J connectivity index is 1.82. The molecule has 4 nitrogen and oxygen atoms in total. The van der Waals surface area contributed by atoms with Crippen LogP contribution in [0.1, 0.15) is 21.6 Å². The van der Waals surface area contributed by atoms with Gasteiger partial charge in [0.1, 0.15) is 11.5 Å². The molecule has 0 aliphatic carbocycles. The van der Waals surface area contributed by atoms with Gasteiger partial charge in [0.15, 0.2) is 0 Å². The first-order valence-electron chi connectivity index (χ1n) is 8.74. The largest absolute Gasteiger partial charge is 0.347 e. The van der Waals surface area contributed by atoms with Gasteiger partial charge in [-0.25, -0.2) is 4.39 Å². The van der Waals surface area contributed by atoms with Crippen LogP contribution in [-0.2, 0) is 13.1 Å². The summed E-state index contributed by atoms with van der Waals surface area (Å²) in [6.07, 6.45) is 1.60. The molecule has 0 saturated carbocycles. The van der Waals surface area contributed by atoms with Crippen LogP contribution in [0.3, 0.4) is 0 Å². The van der Waals surface area contributed by atoms with Gasteiger partial charge < -0.3 is 10.2 Å². The highest BCUT2D eigenvalue weighted by atomic mass is 19.1. The van der Waals surface area contributed by atoms with E-state index in [2.05, 4.69) is 27.3 Å². The Morgan fingerprint density at radius 2 is 1.81 bits per heavy atom. The highest BCUT2D eigenvalue weighted by molar-refractivity contribution is 5.98. The number of pyridine rings is 1. The molecule has 1 N–H and O–H groups in total. The van der Waals surface area contributed by atoms with E-state index < -0.39 is 0 Å². The Hall–Kier alpha value is -3.05. The molecule has 0 aliphatic rings. The van der Waals surface area contributed by atoms with E-state index in [1.807, 2.05) is 38.4 Å². The molecule has 0 atom stereocenters. The minimum atomic E-state index is -0.321. The van der Waals surface area contributed by atoms with Crippen LogP contribution in [0.25, 0.3) is 11.1 Å².